The summed E-state index contributed by atoms with van der Waals surface area (Å²) in [4.78, 5) is 8.88. The summed E-state index contributed by atoms with van der Waals surface area (Å²) in [5.41, 5.74) is -0.161. The van der Waals surface area contributed by atoms with E-state index < -0.39 is 11.7 Å². The summed E-state index contributed by atoms with van der Waals surface area (Å²) in [7, 11) is 0. The molecule has 7 heteroatoms. The average molecular weight is 380 g/mol. The maximum absolute atomic E-state index is 13.1. The van der Waals surface area contributed by atoms with E-state index in [1.165, 1.54) is 6.07 Å². The molecule has 136 valence electrons. The Kier molecular flexibility index (Phi) is 4.56. The molecule has 3 aromatic rings. The Bertz CT molecular complexity index is 945. The van der Waals surface area contributed by atoms with Crippen LogP contribution in [0.1, 0.15) is 26.3 Å². The molecule has 0 radical (unpaired) electrons. The van der Waals surface area contributed by atoms with Crippen LogP contribution in [0.5, 0.6) is 0 Å². The topological polar surface area (TPSA) is 37.8 Å². The number of hydrogen-bond acceptors (Lipinski definition) is 3. The van der Waals surface area contributed by atoms with Gasteiger partial charge in [0.1, 0.15) is 5.82 Å². The van der Waals surface area contributed by atoms with Crippen molar-refractivity contribution in [3.63, 3.8) is 0 Å². The van der Waals surface area contributed by atoms with Crippen molar-refractivity contribution in [2.75, 3.05) is 5.32 Å². The predicted octanol–water partition coefficient (Wildman–Crippen LogP) is 6.18. The number of nitrogens with zero attached hydrogens (tertiary/aromatic N) is 2. The van der Waals surface area contributed by atoms with Crippen LogP contribution < -0.4 is 5.32 Å². The molecular weight excluding hydrogens is 363 g/mol. The van der Waals surface area contributed by atoms with Crippen molar-refractivity contribution in [2.24, 2.45) is 0 Å². The number of fused-ring (bicyclic) bond motifs is 1. The van der Waals surface area contributed by atoms with Gasteiger partial charge in [0.2, 0.25) is 0 Å². The van der Waals surface area contributed by atoms with Crippen LogP contribution in [0.4, 0.5) is 19.0 Å². The Labute approximate surface area is 154 Å². The lowest BCUT2D eigenvalue weighted by molar-refractivity contribution is -0.137. The summed E-state index contributed by atoms with van der Waals surface area (Å²) in [5.74, 6) is 0.821. The van der Waals surface area contributed by atoms with Crippen LogP contribution in [-0.2, 0) is 6.18 Å². The van der Waals surface area contributed by atoms with E-state index in [1.807, 2.05) is 20.8 Å². The number of nitrogens with one attached hydrogen (secondary N) is 1. The van der Waals surface area contributed by atoms with Crippen molar-refractivity contribution in [1.29, 1.82) is 0 Å². The summed E-state index contributed by atoms with van der Waals surface area (Å²) >= 11 is 5.91. The summed E-state index contributed by atoms with van der Waals surface area (Å²) < 4.78 is 39.2. The van der Waals surface area contributed by atoms with E-state index >= 15 is 0 Å². The smallest absolute Gasteiger partial charge is 0.365 e. The molecule has 1 aromatic heterocycles. The first-order valence-electron chi connectivity index (χ1n) is 7.96. The van der Waals surface area contributed by atoms with Crippen molar-refractivity contribution < 1.29 is 13.2 Å². The number of aromatic nitrogens is 2. The lowest BCUT2D eigenvalue weighted by Crippen LogP contribution is -2.27. The highest BCUT2D eigenvalue weighted by atomic mass is 35.5. The van der Waals surface area contributed by atoms with Gasteiger partial charge in [-0.25, -0.2) is 9.97 Å². The summed E-state index contributed by atoms with van der Waals surface area (Å²) in [6, 6.07) is 10.3. The van der Waals surface area contributed by atoms with E-state index in [-0.39, 0.29) is 11.1 Å². The van der Waals surface area contributed by atoms with Gasteiger partial charge < -0.3 is 5.32 Å². The average Bonchev–Trinajstić information content (AvgIpc) is 2.52. The molecule has 0 unspecified atom stereocenters. The zero-order valence-electron chi connectivity index (χ0n) is 14.4. The SMILES string of the molecule is CC(C)(C)Nc1nc(-c2ccc(Cl)cc2)nc2cc(C(F)(F)F)ccc12. The van der Waals surface area contributed by atoms with Crippen LogP contribution in [0.25, 0.3) is 22.3 Å². The van der Waals surface area contributed by atoms with Gasteiger partial charge in [-0.3, -0.25) is 0 Å². The third kappa shape index (κ3) is 4.07. The number of halogens is 4. The van der Waals surface area contributed by atoms with Gasteiger partial charge in [-0.15, -0.1) is 0 Å². The highest BCUT2D eigenvalue weighted by molar-refractivity contribution is 6.30. The molecule has 0 amide bonds. The molecule has 2 aromatic carbocycles. The third-order valence-electron chi connectivity index (χ3n) is 3.62. The van der Waals surface area contributed by atoms with Gasteiger partial charge in [-0.05, 0) is 63.2 Å². The molecule has 0 atom stereocenters. The van der Waals surface area contributed by atoms with E-state index in [1.54, 1.807) is 24.3 Å². The van der Waals surface area contributed by atoms with Gasteiger partial charge in [0.05, 0.1) is 11.1 Å². The second kappa shape index (κ2) is 6.43. The maximum Gasteiger partial charge on any atom is 0.416 e. The van der Waals surface area contributed by atoms with Gasteiger partial charge in [0, 0.05) is 21.5 Å². The van der Waals surface area contributed by atoms with Crippen LogP contribution in [0, 0.1) is 0 Å². The second-order valence-electron chi connectivity index (χ2n) is 7.01. The molecule has 3 rings (SSSR count). The minimum Gasteiger partial charge on any atom is -0.365 e. The summed E-state index contributed by atoms with van der Waals surface area (Å²) in [6.45, 7) is 5.85. The molecule has 0 aliphatic carbocycles. The van der Waals surface area contributed by atoms with Crippen LogP contribution in [-0.4, -0.2) is 15.5 Å². The van der Waals surface area contributed by atoms with Crippen molar-refractivity contribution in [2.45, 2.75) is 32.5 Å². The Morgan fingerprint density at radius 2 is 1.58 bits per heavy atom. The van der Waals surface area contributed by atoms with Crippen molar-refractivity contribution in [3.8, 4) is 11.4 Å². The van der Waals surface area contributed by atoms with Crippen LogP contribution in [0.3, 0.4) is 0 Å². The highest BCUT2D eigenvalue weighted by Gasteiger charge is 2.31. The number of rotatable bonds is 2. The Morgan fingerprint density at radius 3 is 2.15 bits per heavy atom. The van der Waals surface area contributed by atoms with E-state index in [9.17, 15) is 13.2 Å². The molecule has 0 spiro atoms. The molecule has 1 N–H and O–H groups in total. The molecule has 0 saturated heterocycles. The molecule has 1 heterocycles. The predicted molar refractivity (Wildman–Crippen MR) is 98.4 cm³/mol. The second-order valence-corrected chi connectivity index (χ2v) is 7.44. The standard InChI is InChI=1S/C19H17ClF3N3/c1-18(2,3)26-17-14-9-6-12(19(21,22)23)10-15(14)24-16(25-17)11-4-7-13(20)8-5-11/h4-10H,1-3H3,(H,24,25,26). The Balaban J connectivity index is 2.23. The van der Waals surface area contributed by atoms with Gasteiger partial charge >= 0.3 is 6.18 Å². The van der Waals surface area contributed by atoms with Gasteiger partial charge in [0.25, 0.3) is 0 Å². The summed E-state index contributed by atoms with van der Waals surface area (Å²) in [6.07, 6.45) is -4.43. The van der Waals surface area contributed by atoms with Crippen molar-refractivity contribution >= 4 is 28.3 Å². The lowest BCUT2D eigenvalue weighted by atomic mass is 10.1. The zero-order valence-corrected chi connectivity index (χ0v) is 15.2. The van der Waals surface area contributed by atoms with Crippen molar-refractivity contribution in [3.05, 3.63) is 53.1 Å². The zero-order chi connectivity index (χ0) is 19.1. The monoisotopic (exact) mass is 379 g/mol. The third-order valence-corrected chi connectivity index (χ3v) is 3.87. The summed E-state index contributed by atoms with van der Waals surface area (Å²) in [5, 5.41) is 4.34. The number of benzene rings is 2. The van der Waals surface area contributed by atoms with E-state index in [2.05, 4.69) is 15.3 Å². The Hall–Kier alpha value is -2.34. The molecule has 3 nitrogen and oxygen atoms in total. The number of alkyl halides is 3. The van der Waals surface area contributed by atoms with Crippen LogP contribution in [0.2, 0.25) is 5.02 Å². The number of hydrogen-bond donors (Lipinski definition) is 1. The number of anilines is 1. The van der Waals surface area contributed by atoms with E-state index in [0.29, 0.717) is 27.6 Å². The maximum atomic E-state index is 13.1. The normalized spacial score (nSPS) is 12.4. The van der Waals surface area contributed by atoms with E-state index in [4.69, 9.17) is 11.6 Å². The van der Waals surface area contributed by atoms with Crippen LogP contribution >= 0.6 is 11.6 Å². The van der Waals surface area contributed by atoms with E-state index in [0.717, 1.165) is 12.1 Å². The molecule has 0 aliphatic rings. The van der Waals surface area contributed by atoms with Gasteiger partial charge in [0.15, 0.2) is 5.82 Å². The molecule has 26 heavy (non-hydrogen) atoms. The molecule has 0 aliphatic heterocycles. The first-order chi connectivity index (χ1) is 12.0. The minimum atomic E-state index is -4.43. The first-order valence-corrected chi connectivity index (χ1v) is 8.34. The Morgan fingerprint density at radius 1 is 0.923 bits per heavy atom. The minimum absolute atomic E-state index is 0.228. The fourth-order valence-corrected chi connectivity index (χ4v) is 2.61. The molecule has 0 saturated carbocycles. The fraction of sp³-hybridized carbons (Fsp3) is 0.263. The molecule has 0 fully saturated rings. The van der Waals surface area contributed by atoms with Gasteiger partial charge in [-0.1, -0.05) is 11.6 Å². The largest absolute Gasteiger partial charge is 0.416 e. The van der Waals surface area contributed by atoms with Crippen LogP contribution in [0.15, 0.2) is 42.5 Å². The fourth-order valence-electron chi connectivity index (χ4n) is 2.48. The lowest BCUT2D eigenvalue weighted by Gasteiger charge is -2.23. The molecular formula is C19H17ClF3N3. The van der Waals surface area contributed by atoms with Gasteiger partial charge in [-0.2, -0.15) is 13.2 Å². The molecule has 0 bridgehead atoms. The van der Waals surface area contributed by atoms with Crippen molar-refractivity contribution in [1.82, 2.24) is 9.97 Å². The highest BCUT2D eigenvalue weighted by Crippen LogP contribution is 2.34. The first kappa shape index (κ1) is 18.5. The quantitative estimate of drug-likeness (QED) is 0.577.